The van der Waals surface area contributed by atoms with Gasteiger partial charge in [0.2, 0.25) is 0 Å². The van der Waals surface area contributed by atoms with Crippen LogP contribution in [0.2, 0.25) is 0 Å². The van der Waals surface area contributed by atoms with Crippen LogP contribution in [0.1, 0.15) is 28.3 Å². The lowest BCUT2D eigenvalue weighted by Gasteiger charge is -2.40. The van der Waals surface area contributed by atoms with Gasteiger partial charge < -0.3 is 20.1 Å². The molecule has 15 heteroatoms. The molecule has 4 rings (SSSR count). The van der Waals surface area contributed by atoms with E-state index < -0.39 is 57.1 Å². The summed E-state index contributed by atoms with van der Waals surface area (Å²) in [7, 11) is -2.70. The molecule has 210 valence electrons. The van der Waals surface area contributed by atoms with Crippen LogP contribution in [-0.2, 0) is 23.1 Å². The van der Waals surface area contributed by atoms with Crippen LogP contribution in [0.15, 0.2) is 53.6 Å². The van der Waals surface area contributed by atoms with E-state index in [4.69, 9.17) is 0 Å². The molecule has 1 unspecified atom stereocenters. The Labute approximate surface area is 226 Å². The van der Waals surface area contributed by atoms with Crippen molar-refractivity contribution in [1.82, 2.24) is 14.8 Å². The maximum absolute atomic E-state index is 14.0. The highest BCUT2D eigenvalue weighted by Gasteiger charge is 2.47. The zero-order chi connectivity index (χ0) is 29.6. The zero-order valence-corrected chi connectivity index (χ0v) is 21.8. The summed E-state index contributed by atoms with van der Waals surface area (Å²) in [6.07, 6.45) is -2.65. The number of sulfone groups is 1. The maximum atomic E-state index is 14.0. The summed E-state index contributed by atoms with van der Waals surface area (Å²) in [5.41, 5.74) is -1.82. The molecule has 1 atom stereocenters. The Morgan fingerprint density at radius 1 is 1.20 bits per heavy atom. The second kappa shape index (κ2) is 10.2. The van der Waals surface area contributed by atoms with Crippen LogP contribution in [-0.4, -0.2) is 59.6 Å². The van der Waals surface area contributed by atoms with Gasteiger partial charge in [-0.2, -0.15) is 18.4 Å². The van der Waals surface area contributed by atoms with Gasteiger partial charge in [-0.1, -0.05) is 12.1 Å². The number of imide groups is 1. The van der Waals surface area contributed by atoms with Gasteiger partial charge in [0.15, 0.2) is 15.7 Å². The van der Waals surface area contributed by atoms with Crippen molar-refractivity contribution in [1.29, 1.82) is 5.26 Å². The number of aromatic nitrogens is 1. The maximum Gasteiger partial charge on any atom is 0.416 e. The van der Waals surface area contributed by atoms with Crippen molar-refractivity contribution in [3.05, 3.63) is 70.9 Å². The number of benzene rings is 2. The molecule has 40 heavy (non-hydrogen) atoms. The van der Waals surface area contributed by atoms with Gasteiger partial charge in [0.05, 0.1) is 45.6 Å². The first kappa shape index (κ1) is 28.5. The summed E-state index contributed by atoms with van der Waals surface area (Å²) in [5.74, 6) is -0.506. The topological polar surface area (TPSA) is 156 Å². The number of anilines is 2. The number of hydrogen-bond donors (Lipinski definition) is 3. The predicted molar refractivity (Wildman–Crippen MR) is 134 cm³/mol. The Bertz CT molecular complexity index is 1660. The van der Waals surface area contributed by atoms with E-state index in [9.17, 15) is 46.7 Å². The molecule has 1 aromatic heterocycles. The number of aromatic hydroxyl groups is 1. The number of nitrogens with one attached hydrogen (secondary N) is 1. The lowest BCUT2D eigenvalue weighted by atomic mass is 9.94. The SMILES string of the molecule is Cn1cc2c(c1O)C(c1ccc(C#N)cc1S(C)(=O)=O)N(C(=O)NCCO)C(=O)N2c1cccc(C(F)(F)F)c1. The summed E-state index contributed by atoms with van der Waals surface area (Å²) in [6, 6.07) is 5.22. The summed E-state index contributed by atoms with van der Waals surface area (Å²) in [6.45, 7) is -0.845. The van der Waals surface area contributed by atoms with E-state index in [-0.39, 0.29) is 34.6 Å². The molecule has 1 aliphatic rings. The van der Waals surface area contributed by atoms with Gasteiger partial charge in [0, 0.05) is 26.0 Å². The average molecular weight is 578 g/mol. The molecule has 1 aliphatic heterocycles. The van der Waals surface area contributed by atoms with Crippen molar-refractivity contribution in [2.45, 2.75) is 17.1 Å². The van der Waals surface area contributed by atoms with Crippen LogP contribution < -0.4 is 10.2 Å². The second-order valence-electron chi connectivity index (χ2n) is 8.89. The molecule has 0 saturated carbocycles. The number of amides is 4. The molecule has 4 amide bonds. The van der Waals surface area contributed by atoms with Crippen LogP contribution >= 0.6 is 0 Å². The molecule has 11 nitrogen and oxygen atoms in total. The number of urea groups is 2. The third kappa shape index (κ3) is 4.94. The van der Waals surface area contributed by atoms with Gasteiger partial charge in [-0.3, -0.25) is 4.90 Å². The number of carbonyl (C=O) groups excluding carboxylic acids is 2. The van der Waals surface area contributed by atoms with Crippen molar-refractivity contribution in [3.8, 4) is 11.9 Å². The minimum atomic E-state index is -4.76. The van der Waals surface area contributed by atoms with Gasteiger partial charge in [0.1, 0.15) is 6.04 Å². The molecule has 0 radical (unpaired) electrons. The Morgan fingerprint density at radius 3 is 2.50 bits per heavy atom. The molecule has 2 aromatic carbocycles. The molecular weight excluding hydrogens is 555 g/mol. The second-order valence-corrected chi connectivity index (χ2v) is 10.9. The molecule has 2 heterocycles. The summed E-state index contributed by atoms with van der Waals surface area (Å²) in [4.78, 5) is 28.3. The van der Waals surface area contributed by atoms with Crippen LogP contribution in [0.3, 0.4) is 0 Å². The first-order valence-corrected chi connectivity index (χ1v) is 13.4. The fourth-order valence-electron chi connectivity index (χ4n) is 4.48. The molecule has 0 fully saturated rings. The summed E-state index contributed by atoms with van der Waals surface area (Å²) in [5, 5.41) is 31.9. The number of hydrogen-bond acceptors (Lipinski definition) is 7. The Kier molecular flexibility index (Phi) is 7.26. The van der Waals surface area contributed by atoms with E-state index >= 15 is 0 Å². The number of fused-ring (bicyclic) bond motifs is 1. The number of aliphatic hydroxyl groups excluding tert-OH is 1. The highest BCUT2D eigenvalue weighted by Crippen LogP contribution is 2.50. The van der Waals surface area contributed by atoms with E-state index in [1.54, 1.807) is 0 Å². The zero-order valence-electron chi connectivity index (χ0n) is 21.0. The fraction of sp³-hybridized carbons (Fsp3) is 0.240. The Morgan fingerprint density at radius 2 is 1.90 bits per heavy atom. The van der Waals surface area contributed by atoms with Crippen molar-refractivity contribution in [2.75, 3.05) is 24.3 Å². The Balaban J connectivity index is 2.06. The average Bonchev–Trinajstić information content (AvgIpc) is 3.18. The van der Waals surface area contributed by atoms with Gasteiger partial charge >= 0.3 is 18.2 Å². The van der Waals surface area contributed by atoms with E-state index in [0.717, 1.165) is 33.9 Å². The van der Waals surface area contributed by atoms with E-state index in [1.165, 1.54) is 31.4 Å². The largest absolute Gasteiger partial charge is 0.494 e. The third-order valence-corrected chi connectivity index (χ3v) is 7.36. The standard InChI is InChI=1S/C25H22F3N5O6S/c1-31-13-18-20(22(31)35)21(17-7-6-14(12-29)10-19(17)40(2,38)39)33(23(36)30-8-9-34)24(37)32(18)16-5-3-4-15(11-16)25(26,27)28/h3-7,10-11,13,21,34-35H,8-9H2,1-2H3,(H,30,36). The molecule has 3 aromatic rings. The van der Waals surface area contributed by atoms with Crippen LogP contribution in [0.4, 0.5) is 34.1 Å². The van der Waals surface area contributed by atoms with E-state index in [0.29, 0.717) is 11.0 Å². The van der Waals surface area contributed by atoms with Gasteiger partial charge in [-0.25, -0.2) is 22.9 Å². The Hall–Kier alpha value is -4.55. The highest BCUT2D eigenvalue weighted by atomic mass is 32.2. The number of rotatable bonds is 5. The van der Waals surface area contributed by atoms with Crippen molar-refractivity contribution < 1.29 is 41.4 Å². The number of nitriles is 1. The highest BCUT2D eigenvalue weighted by molar-refractivity contribution is 7.90. The third-order valence-electron chi connectivity index (χ3n) is 6.21. The van der Waals surface area contributed by atoms with E-state index in [1.807, 2.05) is 6.07 Å². The monoisotopic (exact) mass is 577 g/mol. The van der Waals surface area contributed by atoms with Crippen molar-refractivity contribution in [3.63, 3.8) is 0 Å². The van der Waals surface area contributed by atoms with Gasteiger partial charge in [-0.05, 0) is 35.9 Å². The lowest BCUT2D eigenvalue weighted by molar-refractivity contribution is -0.137. The fourth-order valence-corrected chi connectivity index (χ4v) is 5.43. The number of nitrogens with zero attached hydrogens (tertiary/aromatic N) is 4. The number of alkyl halides is 3. The molecule has 0 bridgehead atoms. The molecular formula is C25H22F3N5O6S. The normalized spacial score (nSPS) is 15.5. The van der Waals surface area contributed by atoms with Crippen molar-refractivity contribution >= 4 is 33.3 Å². The number of halogens is 3. The first-order valence-electron chi connectivity index (χ1n) is 11.5. The quantitative estimate of drug-likeness (QED) is 0.420. The molecule has 3 N–H and O–H groups in total. The number of aliphatic hydroxyl groups is 1. The number of carbonyl (C=O) groups is 2. The van der Waals surface area contributed by atoms with Gasteiger partial charge in [0.25, 0.3) is 0 Å². The minimum Gasteiger partial charge on any atom is -0.494 e. The summed E-state index contributed by atoms with van der Waals surface area (Å²) >= 11 is 0. The minimum absolute atomic E-state index is 0.0364. The van der Waals surface area contributed by atoms with Crippen LogP contribution in [0, 0.1) is 11.3 Å². The van der Waals surface area contributed by atoms with Crippen LogP contribution in [0.25, 0.3) is 0 Å². The van der Waals surface area contributed by atoms with E-state index in [2.05, 4.69) is 5.32 Å². The van der Waals surface area contributed by atoms with Crippen molar-refractivity contribution in [2.24, 2.45) is 7.05 Å². The summed E-state index contributed by atoms with van der Waals surface area (Å²) < 4.78 is 67.3. The smallest absolute Gasteiger partial charge is 0.416 e. The van der Waals surface area contributed by atoms with Gasteiger partial charge in [-0.15, -0.1) is 0 Å². The first-order chi connectivity index (χ1) is 18.7. The number of aryl methyl sites for hydroxylation is 1. The molecule has 0 spiro atoms. The molecule has 0 saturated heterocycles. The predicted octanol–water partition coefficient (Wildman–Crippen LogP) is 3.39. The van der Waals surface area contributed by atoms with Crippen LogP contribution in [0.5, 0.6) is 5.88 Å². The molecule has 0 aliphatic carbocycles. The lowest BCUT2D eigenvalue weighted by Crippen LogP contribution is -2.54.